The van der Waals surface area contributed by atoms with E-state index in [4.69, 9.17) is 0 Å². The summed E-state index contributed by atoms with van der Waals surface area (Å²) in [6.45, 7) is 9.27. The van der Waals surface area contributed by atoms with E-state index in [1.165, 1.54) is 11.2 Å². The number of nitrogens with zero attached hydrogens (tertiary/aromatic N) is 3. The average molecular weight is 466 g/mol. The molecule has 2 aliphatic heterocycles. The summed E-state index contributed by atoms with van der Waals surface area (Å²) in [5.74, 6) is -0.457. The van der Waals surface area contributed by atoms with Crippen LogP contribution in [-0.4, -0.2) is 81.8 Å². The van der Waals surface area contributed by atoms with Crippen LogP contribution in [0.3, 0.4) is 0 Å². The van der Waals surface area contributed by atoms with Crippen molar-refractivity contribution in [1.29, 1.82) is 0 Å². The van der Waals surface area contributed by atoms with Crippen LogP contribution in [0.25, 0.3) is 0 Å². The Hall–Kier alpha value is -2.17. The van der Waals surface area contributed by atoms with Gasteiger partial charge in [0, 0.05) is 59.2 Å². The van der Waals surface area contributed by atoms with Crippen LogP contribution in [0, 0.1) is 0 Å². The highest BCUT2D eigenvalue weighted by Gasteiger charge is 2.28. The highest BCUT2D eigenvalue weighted by Crippen LogP contribution is 2.32. The van der Waals surface area contributed by atoms with E-state index < -0.39 is 10.0 Å². The van der Waals surface area contributed by atoms with Crippen molar-refractivity contribution in [3.8, 4) is 0 Å². The quantitative estimate of drug-likeness (QED) is 0.603. The summed E-state index contributed by atoms with van der Waals surface area (Å²) in [6.07, 6.45) is 2.90. The number of carbonyl (C=O) groups excluding carboxylic acids is 2. The minimum atomic E-state index is -3.61. The van der Waals surface area contributed by atoms with Crippen molar-refractivity contribution in [2.75, 3.05) is 62.6 Å². The highest BCUT2D eigenvalue weighted by molar-refractivity contribution is 7.89. The number of piperidine rings is 1. The third kappa shape index (κ3) is 6.20. The molecule has 3 rings (SSSR count). The molecule has 0 unspecified atom stereocenters. The Kier molecular flexibility index (Phi) is 8.50. The predicted octanol–water partition coefficient (Wildman–Crippen LogP) is 1.47. The first-order chi connectivity index (χ1) is 15.3. The molecule has 0 radical (unpaired) electrons. The van der Waals surface area contributed by atoms with Gasteiger partial charge in [0.1, 0.15) is 0 Å². The molecule has 1 aromatic rings. The summed E-state index contributed by atoms with van der Waals surface area (Å²) in [5, 5.41) is 5.51. The molecule has 178 valence electrons. The van der Waals surface area contributed by atoms with Gasteiger partial charge < -0.3 is 20.4 Å². The lowest BCUT2D eigenvalue weighted by molar-refractivity contribution is -0.119. The maximum absolute atomic E-state index is 13.2. The molecule has 0 bridgehead atoms. The highest BCUT2D eigenvalue weighted by atomic mass is 32.2. The molecule has 9 nitrogen and oxygen atoms in total. The number of amides is 2. The van der Waals surface area contributed by atoms with Gasteiger partial charge >= 0.3 is 0 Å². The summed E-state index contributed by atoms with van der Waals surface area (Å²) in [7, 11) is -3.61. The van der Waals surface area contributed by atoms with Crippen LogP contribution in [0.5, 0.6) is 0 Å². The van der Waals surface area contributed by atoms with Gasteiger partial charge in [0.15, 0.2) is 0 Å². The number of sulfonamides is 1. The van der Waals surface area contributed by atoms with Crippen LogP contribution in [0.1, 0.15) is 39.5 Å². The maximum Gasteiger partial charge on any atom is 0.243 e. The number of nitrogens with one attached hydrogen (secondary N) is 2. The zero-order valence-corrected chi connectivity index (χ0v) is 19.9. The molecule has 0 atom stereocenters. The van der Waals surface area contributed by atoms with Crippen LogP contribution in [0.15, 0.2) is 23.1 Å². The van der Waals surface area contributed by atoms with Crippen molar-refractivity contribution >= 4 is 33.2 Å². The lowest BCUT2D eigenvalue weighted by atomic mass is 10.2. The molecule has 10 heteroatoms. The van der Waals surface area contributed by atoms with Crippen molar-refractivity contribution in [2.45, 2.75) is 44.4 Å². The minimum Gasteiger partial charge on any atom is -0.367 e. The van der Waals surface area contributed by atoms with E-state index in [1.807, 2.05) is 6.07 Å². The molecule has 32 heavy (non-hydrogen) atoms. The number of hydrogen-bond donors (Lipinski definition) is 2. The molecular weight excluding hydrogens is 430 g/mol. The molecule has 2 fully saturated rings. The van der Waals surface area contributed by atoms with Crippen molar-refractivity contribution in [1.82, 2.24) is 14.5 Å². The van der Waals surface area contributed by atoms with Gasteiger partial charge in [0.05, 0.1) is 16.3 Å². The van der Waals surface area contributed by atoms with Crippen LogP contribution >= 0.6 is 0 Å². The fourth-order valence-electron chi connectivity index (χ4n) is 4.18. The van der Waals surface area contributed by atoms with E-state index in [0.717, 1.165) is 57.7 Å². The van der Waals surface area contributed by atoms with Crippen LogP contribution in [0.2, 0.25) is 0 Å². The van der Waals surface area contributed by atoms with Crippen LogP contribution < -0.4 is 15.5 Å². The summed E-state index contributed by atoms with van der Waals surface area (Å²) in [5.41, 5.74) is 1.33. The summed E-state index contributed by atoms with van der Waals surface area (Å²) in [4.78, 5) is 28.4. The monoisotopic (exact) mass is 465 g/mol. The second kappa shape index (κ2) is 11.1. The van der Waals surface area contributed by atoms with E-state index in [2.05, 4.69) is 27.4 Å². The Morgan fingerprint density at radius 3 is 2.31 bits per heavy atom. The number of rotatable bonds is 8. The van der Waals surface area contributed by atoms with Gasteiger partial charge in [-0.05, 0) is 37.6 Å². The Morgan fingerprint density at radius 1 is 1.00 bits per heavy atom. The molecule has 0 aromatic heterocycles. The summed E-state index contributed by atoms with van der Waals surface area (Å²) < 4.78 is 27.9. The number of piperazine rings is 1. The van der Waals surface area contributed by atoms with Gasteiger partial charge in [-0.2, -0.15) is 4.31 Å². The maximum atomic E-state index is 13.2. The predicted molar refractivity (Wildman–Crippen MR) is 125 cm³/mol. The molecule has 1 aromatic carbocycles. The topological polar surface area (TPSA) is 102 Å². The molecule has 2 heterocycles. The summed E-state index contributed by atoms with van der Waals surface area (Å²) >= 11 is 0. The third-order valence-corrected chi connectivity index (χ3v) is 7.98. The molecule has 2 aliphatic rings. The van der Waals surface area contributed by atoms with Gasteiger partial charge in [-0.15, -0.1) is 0 Å². The number of benzene rings is 1. The number of likely N-dealkylation sites (N-methyl/N-ethyl adjacent to an activating group) is 1. The van der Waals surface area contributed by atoms with Crippen LogP contribution in [-0.2, 0) is 19.6 Å². The Morgan fingerprint density at radius 2 is 1.69 bits per heavy atom. The number of hydrogen-bond acceptors (Lipinski definition) is 6. The fourth-order valence-corrected chi connectivity index (χ4v) is 5.72. The van der Waals surface area contributed by atoms with Gasteiger partial charge in [-0.25, -0.2) is 8.42 Å². The molecule has 0 spiro atoms. The lowest BCUT2D eigenvalue weighted by Gasteiger charge is -2.36. The molecule has 2 saturated heterocycles. The second-order valence-corrected chi connectivity index (χ2v) is 10.3. The lowest BCUT2D eigenvalue weighted by Crippen LogP contribution is -2.46. The van der Waals surface area contributed by atoms with Gasteiger partial charge in [0.25, 0.3) is 0 Å². The fraction of sp³-hybridized carbons (Fsp3) is 0.636. The van der Waals surface area contributed by atoms with E-state index in [0.29, 0.717) is 18.8 Å². The molecular formula is C22H35N5O4S. The summed E-state index contributed by atoms with van der Waals surface area (Å²) in [6, 6.07) is 5.04. The Labute approximate surface area is 191 Å². The van der Waals surface area contributed by atoms with Gasteiger partial charge in [-0.3, -0.25) is 9.59 Å². The van der Waals surface area contributed by atoms with E-state index >= 15 is 0 Å². The minimum absolute atomic E-state index is 0.117. The average Bonchev–Trinajstić information content (AvgIpc) is 2.79. The number of carbonyl (C=O) groups is 2. The Bertz CT molecular complexity index is 907. The van der Waals surface area contributed by atoms with Crippen molar-refractivity contribution in [3.05, 3.63) is 18.2 Å². The first-order valence-corrected chi connectivity index (χ1v) is 12.9. The standard InChI is InChI=1S/C22H35N5O4S/c1-3-25-13-15-26(16-14-25)21-8-7-19(32(30,31)27-11-5-4-6-12-27)17-20(21)24-22(29)9-10-23-18(2)28/h7-8,17H,3-6,9-16H2,1-2H3,(H,23,28)(H,24,29). The Balaban J connectivity index is 1.84. The van der Waals surface area contributed by atoms with Gasteiger partial charge in [-0.1, -0.05) is 13.3 Å². The van der Waals surface area contributed by atoms with Gasteiger partial charge in [0.2, 0.25) is 21.8 Å². The normalized spacial score (nSPS) is 18.4. The molecule has 2 amide bonds. The van der Waals surface area contributed by atoms with Crippen molar-refractivity contribution in [3.63, 3.8) is 0 Å². The first-order valence-electron chi connectivity index (χ1n) is 11.5. The number of anilines is 2. The first kappa shape index (κ1) is 24.5. The largest absolute Gasteiger partial charge is 0.367 e. The smallest absolute Gasteiger partial charge is 0.243 e. The van der Waals surface area contributed by atoms with E-state index in [9.17, 15) is 18.0 Å². The van der Waals surface area contributed by atoms with E-state index in [1.54, 1.807) is 12.1 Å². The molecule has 0 saturated carbocycles. The second-order valence-electron chi connectivity index (χ2n) is 8.35. The van der Waals surface area contributed by atoms with E-state index in [-0.39, 0.29) is 29.7 Å². The third-order valence-electron chi connectivity index (χ3n) is 6.08. The molecule has 0 aliphatic carbocycles. The zero-order chi connectivity index (χ0) is 23.1. The zero-order valence-electron chi connectivity index (χ0n) is 19.1. The van der Waals surface area contributed by atoms with Crippen molar-refractivity contribution in [2.24, 2.45) is 0 Å². The molecule has 2 N–H and O–H groups in total. The van der Waals surface area contributed by atoms with Crippen LogP contribution in [0.4, 0.5) is 11.4 Å². The van der Waals surface area contributed by atoms with Crippen molar-refractivity contribution < 1.29 is 18.0 Å². The SMILES string of the molecule is CCN1CCN(c2ccc(S(=O)(=O)N3CCCCC3)cc2NC(=O)CCNC(C)=O)CC1.